The van der Waals surface area contributed by atoms with Gasteiger partial charge in [-0.3, -0.25) is 9.69 Å². The minimum atomic E-state index is -1.01. The number of rotatable bonds is 4. The molecule has 22 heavy (non-hydrogen) atoms. The topological polar surface area (TPSA) is 73.2 Å². The van der Waals surface area contributed by atoms with Gasteiger partial charge in [0.2, 0.25) is 0 Å². The van der Waals surface area contributed by atoms with Crippen LogP contribution in [0.3, 0.4) is 0 Å². The highest BCUT2D eigenvalue weighted by molar-refractivity contribution is 6.34. The van der Waals surface area contributed by atoms with Gasteiger partial charge in [-0.1, -0.05) is 18.0 Å². The molecule has 1 amide bonds. The van der Waals surface area contributed by atoms with Crippen LogP contribution in [0.15, 0.2) is 12.1 Å². The molecule has 0 radical (unpaired) electrons. The minimum absolute atomic E-state index is 0.124. The number of hydrogen-bond acceptors (Lipinski definition) is 5. The average molecular weight is 329 g/mol. The summed E-state index contributed by atoms with van der Waals surface area (Å²) in [6.07, 6.45) is 2.14. The molecule has 1 fully saturated rings. The van der Waals surface area contributed by atoms with Gasteiger partial charge < -0.3 is 19.8 Å². The van der Waals surface area contributed by atoms with Crippen LogP contribution >= 0.6 is 11.6 Å². The summed E-state index contributed by atoms with van der Waals surface area (Å²) in [5.41, 5.74) is 0.124. The molecule has 6 nitrogen and oxygen atoms in total. The Balaban J connectivity index is 2.17. The van der Waals surface area contributed by atoms with Crippen LogP contribution in [-0.4, -0.2) is 59.5 Å². The number of carbonyl (C=O) groups is 1. The number of phenolic OH excluding ortho intramolecular Hbond substituents is 1. The van der Waals surface area contributed by atoms with Crippen LogP contribution in [0.5, 0.6) is 11.5 Å². The van der Waals surface area contributed by atoms with Gasteiger partial charge in [-0.2, -0.15) is 0 Å². The first-order valence-electron chi connectivity index (χ1n) is 7.21. The summed E-state index contributed by atoms with van der Waals surface area (Å²) in [4.78, 5) is 15.6. The lowest BCUT2D eigenvalue weighted by molar-refractivity contribution is -0.0911. The van der Waals surface area contributed by atoms with E-state index in [0.29, 0.717) is 0 Å². The number of likely N-dealkylation sites (tertiary alicyclic amines) is 1. The zero-order valence-corrected chi connectivity index (χ0v) is 13.5. The van der Waals surface area contributed by atoms with Crippen LogP contribution < -0.4 is 4.74 Å². The van der Waals surface area contributed by atoms with Gasteiger partial charge in [0.1, 0.15) is 0 Å². The molecule has 7 heteroatoms. The second-order valence-corrected chi connectivity index (χ2v) is 5.77. The van der Waals surface area contributed by atoms with E-state index in [2.05, 4.69) is 0 Å². The van der Waals surface area contributed by atoms with Crippen LogP contribution in [-0.2, 0) is 0 Å². The molecule has 0 saturated carbocycles. The Morgan fingerprint density at radius 1 is 1.36 bits per heavy atom. The number of benzene rings is 1. The van der Waals surface area contributed by atoms with E-state index in [-0.39, 0.29) is 22.1 Å². The maximum absolute atomic E-state index is 12.5. The quantitative estimate of drug-likeness (QED) is 0.826. The predicted octanol–water partition coefficient (Wildman–Crippen LogP) is 1.89. The number of carbonyl (C=O) groups excluding carboxylic acids is 1. The monoisotopic (exact) mass is 328 g/mol. The molecule has 1 heterocycles. The average Bonchev–Trinajstić information content (AvgIpc) is 2.55. The van der Waals surface area contributed by atoms with Crippen molar-refractivity contribution in [2.45, 2.75) is 25.6 Å². The zero-order valence-electron chi connectivity index (χ0n) is 12.8. The number of aliphatic hydroxyl groups is 1. The first-order chi connectivity index (χ1) is 10.5. The maximum Gasteiger partial charge on any atom is 0.258 e. The number of amides is 1. The molecule has 0 bridgehead atoms. The normalized spacial score (nSPS) is 17.1. The van der Waals surface area contributed by atoms with Gasteiger partial charge in [0.05, 0.1) is 17.7 Å². The second-order valence-electron chi connectivity index (χ2n) is 5.36. The highest BCUT2D eigenvalue weighted by Gasteiger charge is 2.27. The van der Waals surface area contributed by atoms with E-state index in [4.69, 9.17) is 16.3 Å². The number of nitrogens with zero attached hydrogens (tertiary/aromatic N) is 2. The third-order valence-corrected chi connectivity index (χ3v) is 4.20. The number of piperidine rings is 1. The molecule has 0 aromatic heterocycles. The molecular formula is C15H21ClN2O4. The maximum atomic E-state index is 12.5. The van der Waals surface area contributed by atoms with E-state index >= 15 is 0 Å². The van der Waals surface area contributed by atoms with E-state index in [1.165, 1.54) is 31.2 Å². The van der Waals surface area contributed by atoms with Gasteiger partial charge in [-0.15, -0.1) is 0 Å². The third kappa shape index (κ3) is 3.45. The van der Waals surface area contributed by atoms with Crippen molar-refractivity contribution < 1.29 is 19.7 Å². The fraction of sp³-hybridized carbons (Fsp3) is 0.533. The number of phenols is 1. The van der Waals surface area contributed by atoms with E-state index in [1.54, 1.807) is 0 Å². The third-order valence-electron chi connectivity index (χ3n) is 3.88. The fourth-order valence-electron chi connectivity index (χ4n) is 2.56. The number of hydrogen-bond donors (Lipinski definition) is 2. The van der Waals surface area contributed by atoms with Crippen molar-refractivity contribution in [1.29, 1.82) is 0 Å². The lowest BCUT2D eigenvalue weighted by Gasteiger charge is -2.36. The first-order valence-corrected chi connectivity index (χ1v) is 7.59. The van der Waals surface area contributed by atoms with E-state index in [0.717, 1.165) is 32.4 Å². The minimum Gasteiger partial charge on any atom is -0.504 e. The van der Waals surface area contributed by atoms with Crippen molar-refractivity contribution in [3.8, 4) is 11.5 Å². The van der Waals surface area contributed by atoms with Gasteiger partial charge in [-0.25, -0.2) is 0 Å². The van der Waals surface area contributed by atoms with E-state index in [1.807, 2.05) is 4.90 Å². The Labute approximate surface area is 134 Å². The Hall–Kier alpha value is -1.50. The Bertz CT molecular complexity index is 547. The summed E-state index contributed by atoms with van der Waals surface area (Å²) in [6, 6.07) is 2.63. The smallest absolute Gasteiger partial charge is 0.258 e. The molecule has 0 aliphatic carbocycles. The summed E-state index contributed by atoms with van der Waals surface area (Å²) in [5.74, 6) is -0.432. The Morgan fingerprint density at radius 2 is 2.00 bits per heavy atom. The molecule has 1 aromatic carbocycles. The number of ether oxygens (including phenoxy) is 1. The van der Waals surface area contributed by atoms with Crippen LogP contribution in [0, 0.1) is 0 Å². The Morgan fingerprint density at radius 3 is 2.59 bits per heavy atom. The summed E-state index contributed by atoms with van der Waals surface area (Å²) < 4.78 is 4.95. The number of halogens is 1. The van der Waals surface area contributed by atoms with Crippen LogP contribution in [0.25, 0.3) is 0 Å². The van der Waals surface area contributed by atoms with Crippen LogP contribution in [0.2, 0.25) is 5.02 Å². The van der Waals surface area contributed by atoms with Gasteiger partial charge >= 0.3 is 0 Å². The molecule has 2 rings (SSSR count). The fourth-order valence-corrected chi connectivity index (χ4v) is 2.79. The van der Waals surface area contributed by atoms with Crippen molar-refractivity contribution in [3.63, 3.8) is 0 Å². The number of methoxy groups -OCH3 is 1. The first kappa shape index (κ1) is 16.9. The summed E-state index contributed by atoms with van der Waals surface area (Å²) in [7, 11) is 2.92. The van der Waals surface area contributed by atoms with Gasteiger partial charge in [-0.05, 0) is 18.9 Å². The predicted molar refractivity (Wildman–Crippen MR) is 83.2 cm³/mol. The summed E-state index contributed by atoms with van der Waals surface area (Å²) in [5, 5.41) is 20.3. The highest BCUT2D eigenvalue weighted by Crippen LogP contribution is 2.33. The van der Waals surface area contributed by atoms with Gasteiger partial charge in [0, 0.05) is 26.2 Å². The molecule has 1 aliphatic heterocycles. The van der Waals surface area contributed by atoms with E-state index < -0.39 is 12.3 Å². The SMILES string of the molecule is COc1cc(Cl)c(C(=O)N(C)C(O)N2CCCCC2)cc1O. The molecule has 1 unspecified atom stereocenters. The van der Waals surface area contributed by atoms with Crippen molar-refractivity contribution >= 4 is 17.5 Å². The van der Waals surface area contributed by atoms with Gasteiger partial charge in [0.15, 0.2) is 17.9 Å². The lowest BCUT2D eigenvalue weighted by atomic mass is 10.1. The van der Waals surface area contributed by atoms with Crippen molar-refractivity contribution in [3.05, 3.63) is 22.7 Å². The van der Waals surface area contributed by atoms with Crippen LogP contribution in [0.4, 0.5) is 0 Å². The molecular weight excluding hydrogens is 308 g/mol. The number of aliphatic hydroxyl groups excluding tert-OH is 1. The molecule has 0 spiro atoms. The molecule has 1 aliphatic rings. The molecule has 1 atom stereocenters. The summed E-state index contributed by atoms with van der Waals surface area (Å²) >= 11 is 6.08. The highest BCUT2D eigenvalue weighted by atomic mass is 35.5. The lowest BCUT2D eigenvalue weighted by Crippen LogP contribution is -2.50. The summed E-state index contributed by atoms with van der Waals surface area (Å²) in [6.45, 7) is 1.50. The molecule has 2 N–H and O–H groups in total. The van der Waals surface area contributed by atoms with Gasteiger partial charge in [0.25, 0.3) is 5.91 Å². The number of aromatic hydroxyl groups is 1. The van der Waals surface area contributed by atoms with E-state index in [9.17, 15) is 15.0 Å². The largest absolute Gasteiger partial charge is 0.504 e. The molecule has 1 saturated heterocycles. The standard InChI is InChI=1S/C15H21ClN2O4/c1-17(15(21)18-6-4-3-5-7-18)14(20)10-8-12(19)13(22-2)9-11(10)16/h8-9,15,19,21H,3-7H2,1-2H3. The second kappa shape index (κ2) is 7.17. The van der Waals surface area contributed by atoms with Crippen molar-refractivity contribution in [2.75, 3.05) is 27.2 Å². The van der Waals surface area contributed by atoms with Crippen LogP contribution in [0.1, 0.15) is 29.6 Å². The zero-order chi connectivity index (χ0) is 16.3. The van der Waals surface area contributed by atoms with Crippen molar-refractivity contribution in [2.24, 2.45) is 0 Å². The van der Waals surface area contributed by atoms with Crippen molar-refractivity contribution in [1.82, 2.24) is 9.80 Å². The molecule has 122 valence electrons. The Kier molecular flexibility index (Phi) is 5.50. The molecule has 1 aromatic rings.